The average molecular weight is 359 g/mol. The number of carbonyl (C=O) groups is 1. The van der Waals surface area contributed by atoms with E-state index in [9.17, 15) is 14.7 Å². The van der Waals surface area contributed by atoms with Crippen LogP contribution in [0.25, 0.3) is 0 Å². The molecule has 0 aliphatic rings. The number of hydrogen-bond donors (Lipinski definition) is 2. The second-order valence-corrected chi connectivity index (χ2v) is 6.98. The molecule has 0 saturated carbocycles. The van der Waals surface area contributed by atoms with E-state index in [0.717, 1.165) is 11.1 Å². The molecule has 2 rings (SSSR count). The number of carbonyl (C=O) groups excluding carboxylic acids is 1. The highest BCUT2D eigenvalue weighted by atomic mass is 16.5. The second kappa shape index (κ2) is 7.70. The van der Waals surface area contributed by atoms with Gasteiger partial charge in [0.25, 0.3) is 5.56 Å². The van der Waals surface area contributed by atoms with Crippen molar-refractivity contribution >= 4 is 5.97 Å². The molecule has 7 heteroatoms. The topological polar surface area (TPSA) is 107 Å². The van der Waals surface area contributed by atoms with Crippen LogP contribution in [0.2, 0.25) is 0 Å². The number of benzene rings is 1. The van der Waals surface area contributed by atoms with Gasteiger partial charge < -0.3 is 15.6 Å². The Bertz CT molecular complexity index is 866. The molecule has 0 atom stereocenters. The predicted octanol–water partition coefficient (Wildman–Crippen LogP) is 1.93. The van der Waals surface area contributed by atoms with Gasteiger partial charge in [-0.3, -0.25) is 4.79 Å². The lowest BCUT2D eigenvalue weighted by atomic mass is 9.90. The Hall–Kier alpha value is -2.67. The third-order valence-electron chi connectivity index (χ3n) is 3.98. The van der Waals surface area contributed by atoms with Crippen molar-refractivity contribution in [2.45, 2.75) is 46.2 Å². The van der Waals surface area contributed by atoms with Crippen LogP contribution in [0.3, 0.4) is 0 Å². The molecule has 0 radical (unpaired) electrons. The molecule has 1 aromatic carbocycles. The fraction of sp³-hybridized carbons (Fsp3) is 0.421. The van der Waals surface area contributed by atoms with Gasteiger partial charge in [-0.2, -0.15) is 5.10 Å². The van der Waals surface area contributed by atoms with Gasteiger partial charge in [0.05, 0.1) is 13.2 Å². The van der Waals surface area contributed by atoms with Crippen molar-refractivity contribution < 1.29 is 14.6 Å². The summed E-state index contributed by atoms with van der Waals surface area (Å²) in [7, 11) is 0. The first-order valence-electron chi connectivity index (χ1n) is 8.49. The maximum absolute atomic E-state index is 12.8. The number of aromatic nitrogens is 2. The number of nitrogens with zero attached hydrogens (tertiary/aromatic N) is 2. The molecule has 140 valence electrons. The SMILES string of the molecule is CCOC(=O)c1c(O)c(C(C)(C)C)nn(Cc2ccccc2CN)c1=O. The average Bonchev–Trinajstić information content (AvgIpc) is 2.57. The zero-order valence-electron chi connectivity index (χ0n) is 15.6. The van der Waals surface area contributed by atoms with E-state index in [1.54, 1.807) is 6.92 Å². The van der Waals surface area contributed by atoms with E-state index in [2.05, 4.69) is 5.10 Å². The molecule has 0 amide bonds. The molecule has 3 N–H and O–H groups in total. The fourth-order valence-corrected chi connectivity index (χ4v) is 2.63. The lowest BCUT2D eigenvalue weighted by Gasteiger charge is -2.22. The van der Waals surface area contributed by atoms with E-state index >= 15 is 0 Å². The van der Waals surface area contributed by atoms with E-state index in [-0.39, 0.29) is 18.8 Å². The van der Waals surface area contributed by atoms with E-state index in [4.69, 9.17) is 10.5 Å². The van der Waals surface area contributed by atoms with E-state index in [1.165, 1.54) is 4.68 Å². The minimum Gasteiger partial charge on any atom is -0.505 e. The standard InChI is InChI=1S/C19H25N3O4/c1-5-26-18(25)14-15(23)16(19(2,3)4)21-22(17(14)24)11-13-9-7-6-8-12(13)10-20/h6-9,23H,5,10-11,20H2,1-4H3. The van der Waals surface area contributed by atoms with Crippen LogP contribution >= 0.6 is 0 Å². The molecule has 7 nitrogen and oxygen atoms in total. The van der Waals surface area contributed by atoms with Crippen LogP contribution in [0.4, 0.5) is 0 Å². The first kappa shape index (κ1) is 19.7. The Labute approximate surface area is 152 Å². The van der Waals surface area contributed by atoms with Crippen molar-refractivity contribution in [3.63, 3.8) is 0 Å². The summed E-state index contributed by atoms with van der Waals surface area (Å²) in [6, 6.07) is 7.43. The number of ether oxygens (including phenoxy) is 1. The summed E-state index contributed by atoms with van der Waals surface area (Å²) < 4.78 is 6.13. The minimum absolute atomic E-state index is 0.0981. The molecule has 0 fully saturated rings. The molecule has 0 aliphatic carbocycles. The Kier molecular flexibility index (Phi) is 5.82. The Morgan fingerprint density at radius 1 is 1.27 bits per heavy atom. The summed E-state index contributed by atoms with van der Waals surface area (Å²) >= 11 is 0. The van der Waals surface area contributed by atoms with E-state index in [1.807, 2.05) is 45.0 Å². The van der Waals surface area contributed by atoms with Crippen molar-refractivity contribution in [1.82, 2.24) is 9.78 Å². The molecule has 0 saturated heterocycles. The molecule has 0 aliphatic heterocycles. The Morgan fingerprint density at radius 2 is 1.88 bits per heavy atom. The molecule has 0 unspecified atom stereocenters. The minimum atomic E-state index is -0.858. The van der Waals surface area contributed by atoms with Gasteiger partial charge in [0.15, 0.2) is 11.3 Å². The molecule has 0 bridgehead atoms. The monoisotopic (exact) mass is 359 g/mol. The summed E-state index contributed by atoms with van der Waals surface area (Å²) in [4.78, 5) is 25.0. The summed E-state index contributed by atoms with van der Waals surface area (Å²) in [6.07, 6.45) is 0. The van der Waals surface area contributed by atoms with Crippen molar-refractivity contribution in [3.8, 4) is 5.75 Å². The number of aromatic hydroxyl groups is 1. The highest BCUT2D eigenvalue weighted by Gasteiger charge is 2.29. The molecular formula is C19H25N3O4. The fourth-order valence-electron chi connectivity index (χ4n) is 2.63. The van der Waals surface area contributed by atoms with Crippen molar-refractivity contribution in [2.75, 3.05) is 6.61 Å². The van der Waals surface area contributed by atoms with Gasteiger partial charge in [-0.05, 0) is 18.1 Å². The lowest BCUT2D eigenvalue weighted by molar-refractivity contribution is 0.0519. The Morgan fingerprint density at radius 3 is 2.42 bits per heavy atom. The summed E-state index contributed by atoms with van der Waals surface area (Å²) in [6.45, 7) is 7.71. The molecule has 1 aromatic heterocycles. The Balaban J connectivity index is 2.67. The summed E-state index contributed by atoms with van der Waals surface area (Å²) in [5.41, 5.74) is 6.06. The van der Waals surface area contributed by atoms with Crippen LogP contribution in [0, 0.1) is 0 Å². The van der Waals surface area contributed by atoms with Gasteiger partial charge >= 0.3 is 5.97 Å². The van der Waals surface area contributed by atoms with Gasteiger partial charge in [-0.15, -0.1) is 0 Å². The predicted molar refractivity (Wildman–Crippen MR) is 98.3 cm³/mol. The second-order valence-electron chi connectivity index (χ2n) is 6.98. The van der Waals surface area contributed by atoms with E-state index in [0.29, 0.717) is 6.54 Å². The lowest BCUT2D eigenvalue weighted by Crippen LogP contribution is -2.33. The normalized spacial score (nSPS) is 11.4. The van der Waals surface area contributed by atoms with Crippen LogP contribution in [-0.4, -0.2) is 27.5 Å². The first-order chi connectivity index (χ1) is 12.2. The van der Waals surface area contributed by atoms with Crippen LogP contribution in [0.1, 0.15) is 54.9 Å². The van der Waals surface area contributed by atoms with Crippen molar-refractivity contribution in [3.05, 3.63) is 57.0 Å². The summed E-state index contributed by atoms with van der Waals surface area (Å²) in [5.74, 6) is -1.28. The van der Waals surface area contributed by atoms with E-state index < -0.39 is 28.3 Å². The van der Waals surface area contributed by atoms with Crippen molar-refractivity contribution in [1.29, 1.82) is 0 Å². The molecule has 2 aromatic rings. The largest absolute Gasteiger partial charge is 0.505 e. The van der Waals surface area contributed by atoms with Gasteiger partial charge in [-0.1, -0.05) is 45.0 Å². The quantitative estimate of drug-likeness (QED) is 0.790. The third-order valence-corrected chi connectivity index (χ3v) is 3.98. The number of hydrogen-bond acceptors (Lipinski definition) is 6. The summed E-state index contributed by atoms with van der Waals surface area (Å²) in [5, 5.41) is 14.8. The van der Waals surface area contributed by atoms with Crippen LogP contribution in [-0.2, 0) is 23.2 Å². The van der Waals surface area contributed by atoms with Crippen LogP contribution in [0.5, 0.6) is 5.75 Å². The maximum atomic E-state index is 12.8. The zero-order valence-corrected chi connectivity index (χ0v) is 15.6. The van der Waals surface area contributed by atoms with Crippen molar-refractivity contribution in [2.24, 2.45) is 5.73 Å². The van der Waals surface area contributed by atoms with Crippen LogP contribution < -0.4 is 11.3 Å². The van der Waals surface area contributed by atoms with Crippen LogP contribution in [0.15, 0.2) is 29.1 Å². The molecule has 26 heavy (non-hydrogen) atoms. The first-order valence-corrected chi connectivity index (χ1v) is 8.49. The third kappa shape index (κ3) is 3.94. The smallest absolute Gasteiger partial charge is 0.347 e. The maximum Gasteiger partial charge on any atom is 0.347 e. The highest BCUT2D eigenvalue weighted by Crippen LogP contribution is 2.30. The zero-order chi connectivity index (χ0) is 19.5. The van der Waals surface area contributed by atoms with Gasteiger partial charge in [0.1, 0.15) is 5.69 Å². The highest BCUT2D eigenvalue weighted by molar-refractivity contribution is 5.92. The van der Waals surface area contributed by atoms with Gasteiger partial charge in [-0.25, -0.2) is 9.48 Å². The number of nitrogens with two attached hydrogens (primary N) is 1. The van der Waals surface area contributed by atoms with Gasteiger partial charge in [0, 0.05) is 12.0 Å². The molecule has 1 heterocycles. The molecule has 0 spiro atoms. The van der Waals surface area contributed by atoms with Gasteiger partial charge in [0.2, 0.25) is 0 Å². The number of esters is 1. The molecular weight excluding hydrogens is 334 g/mol. The number of rotatable bonds is 5.